The molecule has 0 saturated heterocycles. The molecule has 0 aromatic heterocycles. The summed E-state index contributed by atoms with van der Waals surface area (Å²) in [5.41, 5.74) is 6.09. The van der Waals surface area contributed by atoms with Crippen molar-refractivity contribution in [3.05, 3.63) is 42.5 Å². The van der Waals surface area contributed by atoms with Gasteiger partial charge in [-0.1, -0.05) is 12.1 Å². The van der Waals surface area contributed by atoms with Gasteiger partial charge in [-0.05, 0) is 25.1 Å². The number of hydrogen-bond donors (Lipinski definition) is 4. The van der Waals surface area contributed by atoms with E-state index in [1.807, 2.05) is 0 Å². The highest BCUT2D eigenvalue weighted by Crippen LogP contribution is 2.13. The number of ether oxygens (including phenoxy) is 1. The normalized spacial score (nSPS) is 11.5. The van der Waals surface area contributed by atoms with Crippen molar-refractivity contribution in [1.29, 1.82) is 5.26 Å². The lowest BCUT2D eigenvalue weighted by Crippen LogP contribution is -2.42. The molecule has 0 bridgehead atoms. The van der Waals surface area contributed by atoms with Crippen LogP contribution in [-0.2, 0) is 14.3 Å². The van der Waals surface area contributed by atoms with Gasteiger partial charge in [-0.15, -0.1) is 6.58 Å². The molecule has 0 saturated carbocycles. The predicted octanol–water partition coefficient (Wildman–Crippen LogP) is 0.0573. The van der Waals surface area contributed by atoms with Crippen LogP contribution in [-0.4, -0.2) is 42.9 Å². The van der Waals surface area contributed by atoms with Gasteiger partial charge in [0.1, 0.15) is 0 Å². The van der Waals surface area contributed by atoms with Crippen molar-refractivity contribution in [3.8, 4) is 6.19 Å². The minimum absolute atomic E-state index is 0.0464. The van der Waals surface area contributed by atoms with Crippen LogP contribution in [0.5, 0.6) is 0 Å². The second kappa shape index (κ2) is 11.7. The summed E-state index contributed by atoms with van der Waals surface area (Å²) in [5, 5.41) is 15.7. The van der Waals surface area contributed by atoms with Crippen molar-refractivity contribution >= 4 is 29.4 Å². The summed E-state index contributed by atoms with van der Waals surface area (Å²) in [6, 6.07) is 5.57. The van der Waals surface area contributed by atoms with Gasteiger partial charge in [0, 0.05) is 5.56 Å². The van der Waals surface area contributed by atoms with E-state index in [0.29, 0.717) is 5.69 Å². The number of carbonyl (C=O) groups is 3. The summed E-state index contributed by atoms with van der Waals surface area (Å²) in [6.45, 7) is 5.19. The average Bonchev–Trinajstić information content (AvgIpc) is 2.66. The molecular formula is C18H22N6O4. The maximum absolute atomic E-state index is 12.2. The van der Waals surface area contributed by atoms with Crippen molar-refractivity contribution in [2.24, 2.45) is 10.7 Å². The van der Waals surface area contributed by atoms with E-state index in [9.17, 15) is 14.4 Å². The second-order valence-electron chi connectivity index (χ2n) is 5.39. The Bertz CT molecular complexity index is 800. The summed E-state index contributed by atoms with van der Waals surface area (Å²) in [7, 11) is 0. The van der Waals surface area contributed by atoms with Crippen LogP contribution in [0.25, 0.3) is 0 Å². The molecule has 1 atom stereocenters. The molecule has 0 aliphatic carbocycles. The third-order valence-electron chi connectivity index (χ3n) is 3.27. The molecule has 1 aromatic carbocycles. The van der Waals surface area contributed by atoms with Gasteiger partial charge in [-0.2, -0.15) is 5.26 Å². The molecule has 148 valence electrons. The zero-order valence-corrected chi connectivity index (χ0v) is 15.4. The first kappa shape index (κ1) is 22.2. The van der Waals surface area contributed by atoms with Crippen LogP contribution in [0.3, 0.4) is 0 Å². The van der Waals surface area contributed by atoms with Gasteiger partial charge < -0.3 is 21.1 Å². The van der Waals surface area contributed by atoms with E-state index >= 15 is 0 Å². The van der Waals surface area contributed by atoms with E-state index in [4.69, 9.17) is 15.7 Å². The van der Waals surface area contributed by atoms with Crippen molar-refractivity contribution in [2.75, 3.05) is 13.2 Å². The van der Waals surface area contributed by atoms with E-state index in [1.54, 1.807) is 25.2 Å². The molecule has 28 heavy (non-hydrogen) atoms. The Morgan fingerprint density at radius 2 is 2.18 bits per heavy atom. The SMILES string of the molecule is C=CC(CC(=O)OCC)NC(=O)CNC(=O)c1cccc(N=C(N)NC#N)c1. The molecule has 0 fully saturated rings. The Balaban J connectivity index is 2.60. The highest BCUT2D eigenvalue weighted by Gasteiger charge is 2.15. The molecule has 1 unspecified atom stereocenters. The van der Waals surface area contributed by atoms with Crippen LogP contribution in [0.4, 0.5) is 5.69 Å². The molecule has 0 aliphatic rings. The molecule has 1 rings (SSSR count). The Hall–Kier alpha value is -3.87. The van der Waals surface area contributed by atoms with Gasteiger partial charge in [-0.25, -0.2) is 4.99 Å². The maximum Gasteiger partial charge on any atom is 0.308 e. The van der Waals surface area contributed by atoms with Crippen LogP contribution >= 0.6 is 0 Å². The summed E-state index contributed by atoms with van der Waals surface area (Å²) in [6.07, 6.45) is 3.00. The Morgan fingerprint density at radius 3 is 2.82 bits per heavy atom. The summed E-state index contributed by atoms with van der Waals surface area (Å²) >= 11 is 0. The standard InChI is InChI=1S/C18H22N6O4/c1-3-13(9-16(26)28-4-2)23-15(25)10-21-17(27)12-6-5-7-14(8-12)24-18(20)22-11-19/h3,5-8,13H,1,4,9-10H2,2H3,(H,21,27)(H,23,25)(H3,20,22,24). The van der Waals surface area contributed by atoms with Crippen LogP contribution in [0.2, 0.25) is 0 Å². The molecule has 10 heteroatoms. The zero-order chi connectivity index (χ0) is 20.9. The highest BCUT2D eigenvalue weighted by atomic mass is 16.5. The molecular weight excluding hydrogens is 364 g/mol. The minimum atomic E-state index is -0.600. The monoisotopic (exact) mass is 386 g/mol. The number of rotatable bonds is 9. The number of esters is 1. The van der Waals surface area contributed by atoms with Gasteiger partial charge in [0.25, 0.3) is 5.91 Å². The van der Waals surface area contributed by atoms with E-state index in [2.05, 4.69) is 27.5 Å². The number of carbonyl (C=O) groups excluding carboxylic acids is 3. The number of nitrogens with one attached hydrogen (secondary N) is 3. The van der Waals surface area contributed by atoms with Gasteiger partial charge in [0.2, 0.25) is 11.9 Å². The van der Waals surface area contributed by atoms with Crippen molar-refractivity contribution in [2.45, 2.75) is 19.4 Å². The number of nitriles is 1. The summed E-state index contributed by atoms with van der Waals surface area (Å²) in [4.78, 5) is 39.6. The number of guanidine groups is 1. The number of benzene rings is 1. The maximum atomic E-state index is 12.2. The molecule has 1 aromatic rings. The van der Waals surface area contributed by atoms with Crippen LogP contribution in [0.1, 0.15) is 23.7 Å². The number of hydrogen-bond acceptors (Lipinski definition) is 6. The number of nitrogens with two attached hydrogens (primary N) is 1. The smallest absolute Gasteiger partial charge is 0.308 e. The Kier molecular flexibility index (Phi) is 9.26. The Morgan fingerprint density at radius 1 is 1.43 bits per heavy atom. The minimum Gasteiger partial charge on any atom is -0.466 e. The van der Waals surface area contributed by atoms with Gasteiger partial charge in [0.05, 0.1) is 31.3 Å². The molecule has 2 amide bonds. The first-order valence-electron chi connectivity index (χ1n) is 8.34. The van der Waals surface area contributed by atoms with E-state index in [1.165, 1.54) is 18.2 Å². The Labute approximate surface area is 162 Å². The van der Waals surface area contributed by atoms with Crippen molar-refractivity contribution in [3.63, 3.8) is 0 Å². The van der Waals surface area contributed by atoms with E-state index < -0.39 is 23.8 Å². The predicted molar refractivity (Wildman–Crippen MR) is 102 cm³/mol. The average molecular weight is 386 g/mol. The molecule has 0 heterocycles. The fraction of sp³-hybridized carbons (Fsp3) is 0.278. The lowest BCUT2D eigenvalue weighted by molar-refractivity contribution is -0.143. The largest absolute Gasteiger partial charge is 0.466 e. The third-order valence-corrected chi connectivity index (χ3v) is 3.27. The third kappa shape index (κ3) is 8.01. The summed E-state index contributed by atoms with van der Waals surface area (Å²) < 4.78 is 4.82. The van der Waals surface area contributed by atoms with Crippen molar-refractivity contribution in [1.82, 2.24) is 16.0 Å². The van der Waals surface area contributed by atoms with Crippen LogP contribution in [0, 0.1) is 11.5 Å². The van der Waals surface area contributed by atoms with E-state index in [-0.39, 0.29) is 31.1 Å². The summed E-state index contributed by atoms with van der Waals surface area (Å²) in [5.74, 6) is -1.56. The molecule has 5 N–H and O–H groups in total. The zero-order valence-electron chi connectivity index (χ0n) is 15.4. The highest BCUT2D eigenvalue weighted by molar-refractivity contribution is 5.97. The first-order chi connectivity index (χ1) is 13.4. The first-order valence-corrected chi connectivity index (χ1v) is 8.34. The topological polar surface area (TPSA) is 159 Å². The lowest BCUT2D eigenvalue weighted by Gasteiger charge is -2.14. The van der Waals surface area contributed by atoms with Gasteiger partial charge in [-0.3, -0.25) is 19.7 Å². The molecule has 0 radical (unpaired) electrons. The van der Waals surface area contributed by atoms with Gasteiger partial charge in [0.15, 0.2) is 6.19 Å². The van der Waals surface area contributed by atoms with E-state index in [0.717, 1.165) is 0 Å². The molecule has 0 spiro atoms. The number of amides is 2. The quantitative estimate of drug-likeness (QED) is 0.117. The fourth-order valence-electron chi connectivity index (χ4n) is 2.05. The second-order valence-corrected chi connectivity index (χ2v) is 5.39. The number of aliphatic imine (C=N–C) groups is 1. The fourth-order valence-corrected chi connectivity index (χ4v) is 2.05. The molecule has 10 nitrogen and oxygen atoms in total. The molecule has 0 aliphatic heterocycles. The van der Waals surface area contributed by atoms with Crippen LogP contribution < -0.4 is 21.7 Å². The number of nitrogens with zero attached hydrogens (tertiary/aromatic N) is 2. The van der Waals surface area contributed by atoms with Gasteiger partial charge >= 0.3 is 5.97 Å². The van der Waals surface area contributed by atoms with Crippen LogP contribution in [0.15, 0.2) is 41.9 Å². The van der Waals surface area contributed by atoms with Crippen molar-refractivity contribution < 1.29 is 19.1 Å². The lowest BCUT2D eigenvalue weighted by atomic mass is 10.2.